The molecule has 2 heterocycles. The van der Waals surface area contributed by atoms with Crippen LogP contribution in [0.15, 0.2) is 15.7 Å². The summed E-state index contributed by atoms with van der Waals surface area (Å²) in [6, 6.07) is 2.23. The summed E-state index contributed by atoms with van der Waals surface area (Å²) in [6.45, 7) is 6.70. The van der Waals surface area contributed by atoms with E-state index in [-0.39, 0.29) is 6.04 Å². The van der Waals surface area contributed by atoms with E-state index in [1.54, 1.807) is 6.07 Å². The first-order chi connectivity index (χ1) is 9.92. The number of piperidine rings is 1. The summed E-state index contributed by atoms with van der Waals surface area (Å²) in [5, 5.41) is 5.12. The van der Waals surface area contributed by atoms with Crippen LogP contribution in [0.25, 0.3) is 0 Å². The van der Waals surface area contributed by atoms with Gasteiger partial charge in [0.2, 0.25) is 10.0 Å². The van der Waals surface area contributed by atoms with Gasteiger partial charge in [0.05, 0.1) is 0 Å². The van der Waals surface area contributed by atoms with Crippen LogP contribution in [0.3, 0.4) is 0 Å². The van der Waals surface area contributed by atoms with Crippen molar-refractivity contribution < 1.29 is 8.42 Å². The molecule has 1 saturated heterocycles. The molecule has 2 unspecified atom stereocenters. The SMILES string of the molecule is CCNCc1csc(S(=O)(=O)NC2CCN(C)C(C)C2)c1. The Hall–Kier alpha value is -0.470. The lowest BCUT2D eigenvalue weighted by molar-refractivity contribution is 0.178. The third kappa shape index (κ3) is 4.50. The number of hydrogen-bond donors (Lipinski definition) is 2. The molecule has 0 aliphatic carbocycles. The van der Waals surface area contributed by atoms with E-state index in [1.807, 2.05) is 12.3 Å². The van der Waals surface area contributed by atoms with Crippen LogP contribution in [0, 0.1) is 0 Å². The van der Waals surface area contributed by atoms with Gasteiger partial charge in [0.25, 0.3) is 0 Å². The van der Waals surface area contributed by atoms with Gasteiger partial charge in [-0.1, -0.05) is 6.92 Å². The Morgan fingerprint density at radius 2 is 2.24 bits per heavy atom. The van der Waals surface area contributed by atoms with E-state index >= 15 is 0 Å². The Balaban J connectivity index is 1.99. The minimum atomic E-state index is -3.38. The van der Waals surface area contributed by atoms with Gasteiger partial charge < -0.3 is 10.2 Å². The quantitative estimate of drug-likeness (QED) is 0.831. The van der Waals surface area contributed by atoms with E-state index in [9.17, 15) is 8.42 Å². The average molecular weight is 332 g/mol. The van der Waals surface area contributed by atoms with Crippen molar-refractivity contribution in [2.75, 3.05) is 20.1 Å². The molecule has 0 radical (unpaired) electrons. The third-order valence-corrected chi connectivity index (χ3v) is 7.01. The first-order valence-electron chi connectivity index (χ1n) is 7.43. The molecule has 5 nitrogen and oxygen atoms in total. The fourth-order valence-corrected chi connectivity index (χ4v) is 5.04. The van der Waals surface area contributed by atoms with Gasteiger partial charge in [-0.2, -0.15) is 0 Å². The van der Waals surface area contributed by atoms with Gasteiger partial charge in [-0.3, -0.25) is 0 Å². The van der Waals surface area contributed by atoms with Crippen LogP contribution in [0.1, 0.15) is 32.3 Å². The van der Waals surface area contributed by atoms with Crippen molar-refractivity contribution in [2.24, 2.45) is 0 Å². The van der Waals surface area contributed by atoms with E-state index in [0.29, 0.717) is 16.8 Å². The lowest BCUT2D eigenvalue weighted by Crippen LogP contribution is -2.47. The lowest BCUT2D eigenvalue weighted by Gasteiger charge is -2.35. The van der Waals surface area contributed by atoms with Gasteiger partial charge in [-0.05, 0) is 56.9 Å². The Labute approximate surface area is 131 Å². The highest BCUT2D eigenvalue weighted by Gasteiger charge is 2.27. The van der Waals surface area contributed by atoms with E-state index < -0.39 is 10.0 Å². The summed E-state index contributed by atoms with van der Waals surface area (Å²) in [5.74, 6) is 0. The highest BCUT2D eigenvalue weighted by molar-refractivity contribution is 7.91. The van der Waals surface area contributed by atoms with Gasteiger partial charge in [-0.15, -0.1) is 11.3 Å². The first kappa shape index (κ1) is 16.9. The minimum absolute atomic E-state index is 0.0421. The molecule has 1 fully saturated rings. The van der Waals surface area contributed by atoms with Crippen LogP contribution < -0.4 is 10.0 Å². The van der Waals surface area contributed by atoms with Gasteiger partial charge in [-0.25, -0.2) is 13.1 Å². The normalized spacial score (nSPS) is 24.3. The molecule has 7 heteroatoms. The zero-order valence-corrected chi connectivity index (χ0v) is 14.6. The fraction of sp³-hybridized carbons (Fsp3) is 0.714. The largest absolute Gasteiger partial charge is 0.313 e. The number of nitrogens with zero attached hydrogens (tertiary/aromatic N) is 1. The molecule has 1 aliphatic heterocycles. The van der Waals surface area contributed by atoms with E-state index in [4.69, 9.17) is 0 Å². The molecule has 1 aliphatic rings. The molecule has 0 amide bonds. The number of nitrogens with one attached hydrogen (secondary N) is 2. The smallest absolute Gasteiger partial charge is 0.250 e. The van der Waals surface area contributed by atoms with Crippen molar-refractivity contribution >= 4 is 21.4 Å². The lowest BCUT2D eigenvalue weighted by atomic mass is 10.0. The molecule has 1 aromatic heterocycles. The van der Waals surface area contributed by atoms with Crippen LogP contribution in [0.4, 0.5) is 0 Å². The van der Waals surface area contributed by atoms with E-state index in [2.05, 4.69) is 28.9 Å². The molecule has 0 spiro atoms. The maximum absolute atomic E-state index is 12.4. The molecular weight excluding hydrogens is 306 g/mol. The van der Waals surface area contributed by atoms with Crippen LogP contribution >= 0.6 is 11.3 Å². The molecule has 0 bridgehead atoms. The zero-order valence-electron chi connectivity index (χ0n) is 12.9. The van der Waals surface area contributed by atoms with Crippen LogP contribution in [-0.4, -0.2) is 45.5 Å². The standard InChI is InChI=1S/C14H25N3O2S2/c1-4-15-9-12-8-14(20-10-12)21(18,19)16-13-5-6-17(3)11(2)7-13/h8,10-11,13,15-16H,4-7,9H2,1-3H3. The molecular formula is C14H25N3O2S2. The van der Waals surface area contributed by atoms with Gasteiger partial charge >= 0.3 is 0 Å². The number of sulfonamides is 1. The highest BCUT2D eigenvalue weighted by Crippen LogP contribution is 2.23. The topological polar surface area (TPSA) is 61.4 Å². The zero-order chi connectivity index (χ0) is 15.5. The van der Waals surface area contributed by atoms with Crippen molar-refractivity contribution in [2.45, 2.75) is 49.5 Å². The fourth-order valence-electron chi connectivity index (χ4n) is 2.53. The van der Waals surface area contributed by atoms with E-state index in [0.717, 1.165) is 31.5 Å². The minimum Gasteiger partial charge on any atom is -0.313 e. The summed E-state index contributed by atoms with van der Waals surface area (Å²) >= 11 is 1.30. The van der Waals surface area contributed by atoms with Crippen LogP contribution in [0.5, 0.6) is 0 Å². The van der Waals surface area contributed by atoms with Crippen molar-refractivity contribution in [3.8, 4) is 0 Å². The molecule has 0 saturated carbocycles. The van der Waals surface area contributed by atoms with E-state index in [1.165, 1.54) is 11.3 Å². The number of likely N-dealkylation sites (tertiary alicyclic amines) is 1. The molecule has 2 atom stereocenters. The second kappa shape index (κ2) is 7.19. The molecule has 2 rings (SSSR count). The summed E-state index contributed by atoms with van der Waals surface area (Å²) in [6.07, 6.45) is 1.74. The highest BCUT2D eigenvalue weighted by atomic mass is 32.2. The maximum Gasteiger partial charge on any atom is 0.250 e. The average Bonchev–Trinajstić information content (AvgIpc) is 2.90. The van der Waals surface area contributed by atoms with Gasteiger partial charge in [0, 0.05) is 18.6 Å². The maximum atomic E-state index is 12.4. The number of hydrogen-bond acceptors (Lipinski definition) is 5. The van der Waals surface area contributed by atoms with Crippen molar-refractivity contribution in [3.63, 3.8) is 0 Å². The summed E-state index contributed by atoms with van der Waals surface area (Å²) < 4.78 is 28.2. The Morgan fingerprint density at radius 3 is 2.90 bits per heavy atom. The van der Waals surface area contributed by atoms with Crippen molar-refractivity contribution in [1.29, 1.82) is 0 Å². The monoisotopic (exact) mass is 331 g/mol. The summed E-state index contributed by atoms with van der Waals surface area (Å²) in [7, 11) is -1.30. The predicted molar refractivity (Wildman–Crippen MR) is 87.1 cm³/mol. The first-order valence-corrected chi connectivity index (χ1v) is 9.79. The second-order valence-electron chi connectivity index (χ2n) is 5.73. The number of rotatable bonds is 6. The van der Waals surface area contributed by atoms with Gasteiger partial charge in [0.15, 0.2) is 0 Å². The number of thiophene rings is 1. The molecule has 120 valence electrons. The van der Waals surface area contributed by atoms with Crippen LogP contribution in [-0.2, 0) is 16.6 Å². The summed E-state index contributed by atoms with van der Waals surface area (Å²) in [4.78, 5) is 2.27. The van der Waals surface area contributed by atoms with Gasteiger partial charge in [0.1, 0.15) is 4.21 Å². The second-order valence-corrected chi connectivity index (χ2v) is 8.58. The Bertz CT molecular complexity index is 556. The molecule has 1 aromatic rings. The van der Waals surface area contributed by atoms with Crippen LogP contribution in [0.2, 0.25) is 0 Å². The summed E-state index contributed by atoms with van der Waals surface area (Å²) in [5.41, 5.74) is 1.03. The van der Waals surface area contributed by atoms with Crippen molar-refractivity contribution in [3.05, 3.63) is 17.0 Å². The molecule has 0 aromatic carbocycles. The Kier molecular flexibility index (Phi) is 5.79. The predicted octanol–water partition coefficient (Wildman–Crippen LogP) is 1.62. The Morgan fingerprint density at radius 1 is 1.48 bits per heavy atom. The third-order valence-electron chi connectivity index (χ3n) is 4.00. The molecule has 2 N–H and O–H groups in total. The van der Waals surface area contributed by atoms with Crippen molar-refractivity contribution in [1.82, 2.24) is 14.9 Å². The molecule has 21 heavy (non-hydrogen) atoms.